The highest BCUT2D eigenvalue weighted by Gasteiger charge is 2.46. The highest BCUT2D eigenvalue weighted by Crippen LogP contribution is 2.42. The van der Waals surface area contributed by atoms with Crippen LogP contribution in [0.25, 0.3) is 22.9 Å². The van der Waals surface area contributed by atoms with E-state index in [1.165, 1.54) is 43.3 Å². The van der Waals surface area contributed by atoms with Crippen molar-refractivity contribution in [3.63, 3.8) is 0 Å². The van der Waals surface area contributed by atoms with Crippen LogP contribution in [0.15, 0.2) is 99.8 Å². The number of alkyl halides is 3. The van der Waals surface area contributed by atoms with Crippen LogP contribution in [0.2, 0.25) is 5.02 Å². The molecular weight excluding hydrogens is 732 g/mol. The minimum atomic E-state index is -4.89. The van der Waals surface area contributed by atoms with E-state index in [1.807, 2.05) is 30.3 Å². The number of aromatic nitrogens is 2. The molecule has 9 nitrogen and oxygen atoms in total. The molecule has 0 aliphatic carbocycles. The molecule has 14 heteroatoms. The van der Waals surface area contributed by atoms with Gasteiger partial charge in [-0.05, 0) is 74.9 Å². The highest BCUT2D eigenvalue weighted by molar-refractivity contribution is 6.31. The second-order valence-corrected chi connectivity index (χ2v) is 12.6. The van der Waals surface area contributed by atoms with Gasteiger partial charge in [0.2, 0.25) is 11.8 Å². The number of nitrogens with zero attached hydrogens (tertiary/aromatic N) is 2. The van der Waals surface area contributed by atoms with Gasteiger partial charge in [-0.1, -0.05) is 54.1 Å². The zero-order valence-electron chi connectivity index (χ0n) is 29.2. The second kappa shape index (κ2) is 15.7. The summed E-state index contributed by atoms with van der Waals surface area (Å²) in [5, 5.41) is 10.4. The first kappa shape index (κ1) is 38.1. The van der Waals surface area contributed by atoms with Crippen LogP contribution in [0.1, 0.15) is 46.5 Å². The van der Waals surface area contributed by atoms with E-state index >= 15 is 0 Å². The number of hydrogen-bond donors (Lipinski definition) is 1. The van der Waals surface area contributed by atoms with Gasteiger partial charge >= 0.3 is 12.1 Å². The smallest absolute Gasteiger partial charge is 0.416 e. The van der Waals surface area contributed by atoms with Gasteiger partial charge in [-0.25, -0.2) is 19.2 Å². The molecule has 0 aliphatic heterocycles. The first-order valence-electron chi connectivity index (χ1n) is 16.6. The molecule has 2 aromatic heterocycles. The molecule has 0 fully saturated rings. The van der Waals surface area contributed by atoms with Crippen molar-refractivity contribution in [3.8, 4) is 34.4 Å². The van der Waals surface area contributed by atoms with E-state index in [9.17, 15) is 27.5 Å². The van der Waals surface area contributed by atoms with Gasteiger partial charge < -0.3 is 28.2 Å². The minimum absolute atomic E-state index is 0.0702. The van der Waals surface area contributed by atoms with Crippen LogP contribution in [0, 0.1) is 19.7 Å². The molecule has 1 atom stereocenters. The van der Waals surface area contributed by atoms with Crippen molar-refractivity contribution in [3.05, 3.63) is 141 Å². The number of aryl methyl sites for hydroxylation is 2. The largest absolute Gasteiger partial charge is 0.487 e. The molecule has 1 N–H and O–H groups in total. The van der Waals surface area contributed by atoms with Gasteiger partial charge in [0.25, 0.3) is 0 Å². The zero-order valence-corrected chi connectivity index (χ0v) is 29.9. The molecule has 0 spiro atoms. The van der Waals surface area contributed by atoms with E-state index in [1.54, 1.807) is 26.0 Å². The van der Waals surface area contributed by atoms with E-state index in [-0.39, 0.29) is 58.9 Å². The lowest BCUT2D eigenvalue weighted by Crippen LogP contribution is -2.42. The average molecular weight is 765 g/mol. The van der Waals surface area contributed by atoms with Crippen molar-refractivity contribution < 1.29 is 50.5 Å². The molecule has 0 unspecified atom stereocenters. The summed E-state index contributed by atoms with van der Waals surface area (Å²) < 4.78 is 86.7. The summed E-state index contributed by atoms with van der Waals surface area (Å²) in [6, 6.07) is 22.5. The number of carboxylic acid groups (broad SMARTS) is 1. The Labute approximate surface area is 312 Å². The Balaban J connectivity index is 1.23. The molecule has 0 amide bonds. The molecule has 0 radical (unpaired) electrons. The number of hydrogen-bond acceptors (Lipinski definition) is 8. The summed E-state index contributed by atoms with van der Waals surface area (Å²) in [6.07, 6.45) is -5.62. The quantitative estimate of drug-likeness (QED) is 0.108. The van der Waals surface area contributed by atoms with E-state index in [4.69, 9.17) is 34.6 Å². The standard InChI is InChI=1S/C40H33ClF4N2O7/c1-4-52-39(38(48)49,30-17-16-28(19-32(30)41)51-22-35-24(3)54-37(47-35)29-12-8-9-13-33(29)42)20-26-14-15-27(18-31(26)40(43,44)45)50-21-34-23(2)53-36(46-34)25-10-6-5-7-11-25/h5-19H,4,20-22H2,1-3H3,(H,48,49)/t39-/m0/s1. The van der Waals surface area contributed by atoms with Crippen LogP contribution in [-0.4, -0.2) is 27.7 Å². The van der Waals surface area contributed by atoms with E-state index in [2.05, 4.69) is 9.97 Å². The summed E-state index contributed by atoms with van der Waals surface area (Å²) in [6.45, 7) is 4.39. The molecule has 280 valence electrons. The Bertz CT molecular complexity index is 2270. The van der Waals surface area contributed by atoms with Gasteiger partial charge in [0, 0.05) is 24.2 Å². The number of carbonyl (C=O) groups is 1. The molecule has 0 saturated heterocycles. The molecular formula is C40H33ClF4N2O7. The third-order valence-electron chi connectivity index (χ3n) is 8.60. The van der Waals surface area contributed by atoms with E-state index in [0.717, 1.165) is 17.7 Å². The fourth-order valence-corrected chi connectivity index (χ4v) is 6.17. The van der Waals surface area contributed by atoms with Crippen LogP contribution >= 0.6 is 11.6 Å². The Morgan fingerprint density at radius 2 is 1.39 bits per heavy atom. The van der Waals surface area contributed by atoms with Crippen LogP contribution in [0.3, 0.4) is 0 Å². The number of benzene rings is 4. The Kier molecular flexibility index (Phi) is 11.1. The highest BCUT2D eigenvalue weighted by atomic mass is 35.5. The maximum atomic E-state index is 14.6. The number of carboxylic acids is 1. The molecule has 2 heterocycles. The van der Waals surface area contributed by atoms with Gasteiger partial charge in [-0.15, -0.1) is 0 Å². The first-order chi connectivity index (χ1) is 25.8. The van der Waals surface area contributed by atoms with Gasteiger partial charge in [-0.3, -0.25) is 0 Å². The molecule has 6 aromatic rings. The normalized spacial score (nSPS) is 12.7. The lowest BCUT2D eigenvalue weighted by molar-refractivity contribution is -0.168. The summed E-state index contributed by atoms with van der Waals surface area (Å²) in [5.41, 5.74) is -2.20. The monoisotopic (exact) mass is 764 g/mol. The number of oxazole rings is 2. The minimum Gasteiger partial charge on any atom is -0.487 e. The summed E-state index contributed by atoms with van der Waals surface area (Å²) in [7, 11) is 0. The number of rotatable bonds is 14. The van der Waals surface area contributed by atoms with Crippen molar-refractivity contribution in [2.24, 2.45) is 0 Å². The first-order valence-corrected chi connectivity index (χ1v) is 17.0. The molecule has 4 aromatic carbocycles. The number of halogens is 5. The second-order valence-electron chi connectivity index (χ2n) is 12.2. The fourth-order valence-electron chi connectivity index (χ4n) is 5.85. The molecule has 0 aliphatic rings. The van der Waals surface area contributed by atoms with E-state index in [0.29, 0.717) is 28.8 Å². The average Bonchev–Trinajstić information content (AvgIpc) is 3.71. The third kappa shape index (κ3) is 8.12. The van der Waals surface area contributed by atoms with Crippen LogP contribution in [-0.2, 0) is 40.9 Å². The SMILES string of the molecule is CCO[C@](Cc1ccc(OCc2nc(-c3ccccc3)oc2C)cc1C(F)(F)F)(C(=O)O)c1ccc(OCc2nc(-c3ccccc3F)oc2C)cc1Cl. The Morgan fingerprint density at radius 3 is 2.00 bits per heavy atom. The fraction of sp³-hybridized carbons (Fsp3) is 0.225. The topological polar surface area (TPSA) is 117 Å². The maximum Gasteiger partial charge on any atom is 0.416 e. The lowest BCUT2D eigenvalue weighted by atomic mass is 9.85. The summed E-state index contributed by atoms with van der Waals surface area (Å²) in [4.78, 5) is 21.8. The van der Waals surface area contributed by atoms with E-state index < -0.39 is 35.5 Å². The zero-order chi connectivity index (χ0) is 38.6. The van der Waals surface area contributed by atoms with Gasteiger partial charge in [-0.2, -0.15) is 13.2 Å². The van der Waals surface area contributed by atoms with Crippen molar-refractivity contribution in [2.75, 3.05) is 6.61 Å². The molecule has 6 rings (SSSR count). The van der Waals surface area contributed by atoms with Crippen LogP contribution < -0.4 is 9.47 Å². The number of aliphatic carboxylic acids is 1. The van der Waals surface area contributed by atoms with Crippen molar-refractivity contribution >= 4 is 17.6 Å². The summed E-state index contributed by atoms with van der Waals surface area (Å²) in [5.74, 6) is -0.729. The van der Waals surface area contributed by atoms with Crippen LogP contribution in [0.5, 0.6) is 11.5 Å². The summed E-state index contributed by atoms with van der Waals surface area (Å²) >= 11 is 6.63. The van der Waals surface area contributed by atoms with Gasteiger partial charge in [0.15, 0.2) is 5.60 Å². The van der Waals surface area contributed by atoms with Gasteiger partial charge in [0.05, 0.1) is 16.1 Å². The van der Waals surface area contributed by atoms with Crippen LogP contribution in [0.4, 0.5) is 17.6 Å². The predicted octanol–water partition coefficient (Wildman–Crippen LogP) is 10.1. The lowest BCUT2D eigenvalue weighted by Gasteiger charge is -2.32. The maximum absolute atomic E-state index is 14.6. The molecule has 54 heavy (non-hydrogen) atoms. The molecule has 0 saturated carbocycles. The van der Waals surface area contributed by atoms with Crippen molar-refractivity contribution in [1.82, 2.24) is 9.97 Å². The predicted molar refractivity (Wildman–Crippen MR) is 190 cm³/mol. The molecule has 0 bridgehead atoms. The van der Waals surface area contributed by atoms with Crippen molar-refractivity contribution in [2.45, 2.75) is 52.2 Å². The van der Waals surface area contributed by atoms with Crippen molar-refractivity contribution in [1.29, 1.82) is 0 Å². The Hall–Kier alpha value is -5.66. The Morgan fingerprint density at radius 1 is 0.796 bits per heavy atom. The number of ether oxygens (including phenoxy) is 3. The third-order valence-corrected chi connectivity index (χ3v) is 8.91. The van der Waals surface area contributed by atoms with Gasteiger partial charge in [0.1, 0.15) is 53.4 Å².